The van der Waals surface area contributed by atoms with Crippen molar-refractivity contribution in [2.75, 3.05) is 0 Å². The van der Waals surface area contributed by atoms with Gasteiger partial charge in [0.1, 0.15) is 0 Å². The first-order chi connectivity index (χ1) is 7.19. The van der Waals surface area contributed by atoms with Crippen molar-refractivity contribution in [1.29, 1.82) is 0 Å². The lowest BCUT2D eigenvalue weighted by Crippen LogP contribution is -2.05. The molecule has 0 aromatic carbocycles. The van der Waals surface area contributed by atoms with Gasteiger partial charge in [-0.25, -0.2) is 15.0 Å². The molecule has 0 fully saturated rings. The van der Waals surface area contributed by atoms with E-state index in [9.17, 15) is 0 Å². The van der Waals surface area contributed by atoms with E-state index in [-0.39, 0.29) is 0 Å². The molecule has 0 atom stereocenters. The Hall–Kier alpha value is -1.71. The van der Waals surface area contributed by atoms with Crippen LogP contribution in [-0.4, -0.2) is 22.1 Å². The monoisotopic (exact) mass is 204 g/mol. The van der Waals surface area contributed by atoms with Gasteiger partial charge in [-0.05, 0) is 20.1 Å². The average Bonchev–Trinajstić information content (AvgIpc) is 2.65. The van der Waals surface area contributed by atoms with Gasteiger partial charge in [0.15, 0.2) is 11.7 Å². The van der Waals surface area contributed by atoms with Crippen LogP contribution in [0.3, 0.4) is 0 Å². The molecule has 0 saturated heterocycles. The van der Waals surface area contributed by atoms with Gasteiger partial charge in [0.05, 0.1) is 0 Å². The van der Waals surface area contributed by atoms with E-state index in [2.05, 4.69) is 28.6 Å². The zero-order valence-corrected chi connectivity index (χ0v) is 9.44. The second-order valence-electron chi connectivity index (χ2n) is 3.30. The Morgan fingerprint density at radius 1 is 1.67 bits per heavy atom. The molecule has 0 spiro atoms. The third-order valence-corrected chi connectivity index (χ3v) is 2.14. The van der Waals surface area contributed by atoms with Crippen LogP contribution in [0.25, 0.3) is 0 Å². The van der Waals surface area contributed by atoms with Gasteiger partial charge in [-0.1, -0.05) is 12.5 Å². The maximum Gasteiger partial charge on any atom is 0.195 e. The van der Waals surface area contributed by atoms with Crippen molar-refractivity contribution in [3.63, 3.8) is 0 Å². The summed E-state index contributed by atoms with van der Waals surface area (Å²) in [4.78, 5) is 12.3. The van der Waals surface area contributed by atoms with Gasteiger partial charge in [0.25, 0.3) is 0 Å². The number of hydrogen-bond donors (Lipinski definition) is 0. The van der Waals surface area contributed by atoms with Gasteiger partial charge in [-0.2, -0.15) is 0 Å². The van der Waals surface area contributed by atoms with Crippen LogP contribution >= 0.6 is 0 Å². The Bertz CT molecular complexity index is 398. The highest BCUT2D eigenvalue weighted by Gasteiger charge is 2.04. The number of rotatable bonds is 3. The maximum absolute atomic E-state index is 4.26. The van der Waals surface area contributed by atoms with E-state index < -0.39 is 0 Å². The number of hydrogen-bond acceptors (Lipinski definition) is 2. The minimum absolute atomic E-state index is 0.551. The molecule has 1 rings (SSSR count). The maximum atomic E-state index is 4.26. The molecule has 0 amide bonds. The molecule has 0 saturated carbocycles. The lowest BCUT2D eigenvalue weighted by atomic mass is 10.3. The van der Waals surface area contributed by atoms with E-state index in [0.29, 0.717) is 5.84 Å². The fourth-order valence-corrected chi connectivity index (χ4v) is 1.01. The van der Waals surface area contributed by atoms with E-state index in [1.807, 2.05) is 24.7 Å². The first-order valence-electron chi connectivity index (χ1n) is 4.87. The van der Waals surface area contributed by atoms with Crippen molar-refractivity contribution < 1.29 is 0 Å². The van der Waals surface area contributed by atoms with Crippen molar-refractivity contribution in [1.82, 2.24) is 9.55 Å². The van der Waals surface area contributed by atoms with Crippen LogP contribution in [0.15, 0.2) is 34.2 Å². The van der Waals surface area contributed by atoms with Crippen molar-refractivity contribution in [2.45, 2.75) is 20.3 Å². The van der Waals surface area contributed by atoms with E-state index in [4.69, 9.17) is 0 Å². The van der Waals surface area contributed by atoms with Gasteiger partial charge >= 0.3 is 0 Å². The summed E-state index contributed by atoms with van der Waals surface area (Å²) in [5, 5.41) is 0. The molecule has 0 bridgehead atoms. The van der Waals surface area contributed by atoms with Crippen LogP contribution in [0, 0.1) is 0 Å². The van der Waals surface area contributed by atoms with Gasteiger partial charge in [0, 0.05) is 25.6 Å². The molecule has 1 aromatic rings. The summed E-state index contributed by atoms with van der Waals surface area (Å²) in [7, 11) is 1.90. The Morgan fingerprint density at radius 2 is 2.40 bits per heavy atom. The zero-order chi connectivity index (χ0) is 11.3. The Kier molecular flexibility index (Phi) is 3.97. The highest BCUT2D eigenvalue weighted by atomic mass is 15.1. The highest BCUT2D eigenvalue weighted by Crippen LogP contribution is 2.02. The molecular weight excluding hydrogens is 188 g/mol. The SMILES string of the molecule is C=N/C(=N\C=C(/C)CC)c1nccn1C. The largest absolute Gasteiger partial charge is 0.331 e. The van der Waals surface area contributed by atoms with Crippen molar-refractivity contribution in [3.05, 3.63) is 30.0 Å². The molecule has 0 aliphatic rings. The Morgan fingerprint density at radius 3 is 2.87 bits per heavy atom. The van der Waals surface area contributed by atoms with Crippen LogP contribution in [0.4, 0.5) is 0 Å². The van der Waals surface area contributed by atoms with Crippen molar-refractivity contribution in [3.8, 4) is 0 Å². The summed E-state index contributed by atoms with van der Waals surface area (Å²) in [5.41, 5.74) is 1.20. The fourth-order valence-electron chi connectivity index (χ4n) is 1.01. The van der Waals surface area contributed by atoms with E-state index in [1.165, 1.54) is 5.57 Å². The number of amidine groups is 1. The molecule has 4 heteroatoms. The van der Waals surface area contributed by atoms with Crippen LogP contribution in [-0.2, 0) is 7.05 Å². The average molecular weight is 204 g/mol. The topological polar surface area (TPSA) is 42.5 Å². The smallest absolute Gasteiger partial charge is 0.195 e. The number of imidazole rings is 1. The predicted octanol–water partition coefficient (Wildman–Crippen LogP) is 2.18. The third kappa shape index (κ3) is 2.87. The molecular formula is C11H16N4. The summed E-state index contributed by atoms with van der Waals surface area (Å²) in [6.07, 6.45) is 6.35. The number of aliphatic imine (C=N–C) groups is 2. The summed E-state index contributed by atoms with van der Waals surface area (Å²) in [6.45, 7) is 7.62. The van der Waals surface area contributed by atoms with E-state index >= 15 is 0 Å². The minimum Gasteiger partial charge on any atom is -0.331 e. The van der Waals surface area contributed by atoms with Gasteiger partial charge in [-0.3, -0.25) is 0 Å². The standard InChI is InChI=1S/C11H16N4/c1-5-9(2)8-14-10(12-3)11-13-6-7-15(11)4/h6-8H,3,5H2,1-2,4H3/b9-8+,14-10-. The summed E-state index contributed by atoms with van der Waals surface area (Å²) >= 11 is 0. The van der Waals surface area contributed by atoms with E-state index in [0.717, 1.165) is 12.2 Å². The Labute approximate surface area is 90.1 Å². The molecule has 80 valence electrons. The first-order valence-corrected chi connectivity index (χ1v) is 4.87. The second-order valence-corrected chi connectivity index (χ2v) is 3.30. The molecule has 0 unspecified atom stereocenters. The molecule has 4 nitrogen and oxygen atoms in total. The summed E-state index contributed by atoms with van der Waals surface area (Å²) < 4.78 is 1.86. The summed E-state index contributed by atoms with van der Waals surface area (Å²) in [5.74, 6) is 1.28. The predicted molar refractivity (Wildman–Crippen MR) is 63.3 cm³/mol. The fraction of sp³-hybridized carbons (Fsp3) is 0.364. The number of aromatic nitrogens is 2. The molecule has 0 N–H and O–H groups in total. The normalized spacial score (nSPS) is 13.0. The lowest BCUT2D eigenvalue weighted by Gasteiger charge is -1.99. The quantitative estimate of drug-likeness (QED) is 0.549. The third-order valence-electron chi connectivity index (χ3n) is 2.14. The highest BCUT2D eigenvalue weighted by molar-refractivity contribution is 5.98. The minimum atomic E-state index is 0.551. The van der Waals surface area contributed by atoms with Crippen LogP contribution < -0.4 is 0 Å². The van der Waals surface area contributed by atoms with Crippen molar-refractivity contribution in [2.24, 2.45) is 17.0 Å². The van der Waals surface area contributed by atoms with Gasteiger partial charge in [0.2, 0.25) is 0 Å². The zero-order valence-electron chi connectivity index (χ0n) is 9.44. The molecule has 0 aliphatic heterocycles. The molecule has 1 aromatic heterocycles. The van der Waals surface area contributed by atoms with Crippen LogP contribution in [0.5, 0.6) is 0 Å². The van der Waals surface area contributed by atoms with Gasteiger partial charge < -0.3 is 4.57 Å². The van der Waals surface area contributed by atoms with Gasteiger partial charge in [-0.15, -0.1) is 0 Å². The molecule has 1 heterocycles. The van der Waals surface area contributed by atoms with Crippen LogP contribution in [0.2, 0.25) is 0 Å². The van der Waals surface area contributed by atoms with E-state index in [1.54, 1.807) is 12.4 Å². The molecule has 0 radical (unpaired) electrons. The molecule has 15 heavy (non-hydrogen) atoms. The van der Waals surface area contributed by atoms with Crippen molar-refractivity contribution >= 4 is 12.6 Å². The molecule has 0 aliphatic carbocycles. The van der Waals surface area contributed by atoms with Crippen LogP contribution in [0.1, 0.15) is 26.1 Å². The second kappa shape index (κ2) is 5.24. The Balaban J connectivity index is 3.00. The number of allylic oxidation sites excluding steroid dienone is 1. The summed E-state index contributed by atoms with van der Waals surface area (Å²) in [6, 6.07) is 0. The first kappa shape index (κ1) is 11.4. The lowest BCUT2D eigenvalue weighted by molar-refractivity contribution is 0.894. The number of nitrogens with zero attached hydrogens (tertiary/aromatic N) is 4. The number of aryl methyl sites for hydroxylation is 1.